The summed E-state index contributed by atoms with van der Waals surface area (Å²) in [6.45, 7) is 14.5. The highest BCUT2D eigenvalue weighted by Crippen LogP contribution is 2.33. The zero-order valence-electron chi connectivity index (χ0n) is 21.4. The Morgan fingerprint density at radius 1 is 0.947 bits per heavy atom. The minimum absolute atomic E-state index is 0.118. The lowest BCUT2D eigenvalue weighted by molar-refractivity contribution is -0.384. The first-order valence-corrected chi connectivity index (χ1v) is 12.4. The van der Waals surface area contributed by atoms with Crippen LogP contribution in [0, 0.1) is 10.1 Å². The molecule has 0 aliphatic carbocycles. The Kier molecular flexibility index (Phi) is 6.65. The van der Waals surface area contributed by atoms with E-state index < -0.39 is 10.5 Å². The number of hydrogen-bond acceptors (Lipinski definition) is 6. The maximum atomic E-state index is 13.7. The highest BCUT2D eigenvalue weighted by Gasteiger charge is 2.23. The molecule has 3 aromatic carbocycles. The van der Waals surface area contributed by atoms with Crippen molar-refractivity contribution in [3.8, 4) is 16.9 Å². The Hall–Kier alpha value is -4.56. The molecule has 5 rings (SSSR count). The molecule has 0 unspecified atom stereocenters. The second-order valence-electron chi connectivity index (χ2n) is 9.50. The minimum Gasteiger partial charge on any atom is -0.378 e. The lowest BCUT2D eigenvalue weighted by atomic mass is 9.95. The van der Waals surface area contributed by atoms with Crippen LogP contribution in [0.5, 0.6) is 0 Å². The number of allylic oxidation sites excluding steroid dienone is 2. The van der Waals surface area contributed by atoms with E-state index in [2.05, 4.69) is 18.1 Å². The van der Waals surface area contributed by atoms with Gasteiger partial charge in [-0.05, 0) is 61.4 Å². The van der Waals surface area contributed by atoms with E-state index >= 15 is 0 Å². The van der Waals surface area contributed by atoms with E-state index in [1.54, 1.807) is 24.3 Å². The molecule has 0 amide bonds. The second-order valence-corrected chi connectivity index (χ2v) is 9.50. The van der Waals surface area contributed by atoms with Gasteiger partial charge in [-0.3, -0.25) is 14.9 Å². The van der Waals surface area contributed by atoms with Crippen LogP contribution in [-0.4, -0.2) is 41.0 Å². The standard InChI is InChI=1S/C30H28N4O4/c1-19(2)21-15-22(20(3)4)17-23(16-21)29-25-7-5-6-8-26(25)30(35)33(31-29)28-18-24(9-10-27(28)34(36)37)32-11-13-38-14-12-32/h5-10,15-18H,1,3,11-14H2,2,4H3. The number of nitrogens with zero attached hydrogens (tertiary/aromatic N) is 4. The molecule has 1 fully saturated rings. The average molecular weight is 509 g/mol. The predicted molar refractivity (Wildman–Crippen MR) is 152 cm³/mol. The molecule has 1 aliphatic heterocycles. The molecular formula is C30H28N4O4. The molecule has 1 aliphatic rings. The molecule has 8 heteroatoms. The van der Waals surface area contributed by atoms with Crippen molar-refractivity contribution in [3.05, 3.63) is 105 Å². The summed E-state index contributed by atoms with van der Waals surface area (Å²) in [6.07, 6.45) is 0. The van der Waals surface area contributed by atoms with Crippen molar-refractivity contribution in [2.75, 3.05) is 31.2 Å². The van der Waals surface area contributed by atoms with Gasteiger partial charge in [0.2, 0.25) is 0 Å². The number of anilines is 1. The molecule has 0 radical (unpaired) electrons. The van der Waals surface area contributed by atoms with Crippen molar-refractivity contribution in [2.24, 2.45) is 0 Å². The van der Waals surface area contributed by atoms with E-state index in [1.807, 2.05) is 44.2 Å². The van der Waals surface area contributed by atoms with Gasteiger partial charge in [0.15, 0.2) is 0 Å². The maximum absolute atomic E-state index is 13.7. The summed E-state index contributed by atoms with van der Waals surface area (Å²) in [6, 6.07) is 18.0. The normalized spacial score (nSPS) is 13.5. The van der Waals surface area contributed by atoms with Crippen LogP contribution in [0.15, 0.2) is 78.6 Å². The van der Waals surface area contributed by atoms with Crippen molar-refractivity contribution < 1.29 is 9.66 Å². The van der Waals surface area contributed by atoms with Crippen molar-refractivity contribution >= 4 is 33.3 Å². The monoisotopic (exact) mass is 508 g/mol. The number of nitro groups is 1. The molecule has 0 saturated carbocycles. The van der Waals surface area contributed by atoms with E-state index in [0.29, 0.717) is 42.8 Å². The Labute approximate surface area is 220 Å². The van der Waals surface area contributed by atoms with Gasteiger partial charge in [-0.1, -0.05) is 42.5 Å². The Bertz CT molecular complexity index is 1630. The Morgan fingerprint density at radius 3 is 2.18 bits per heavy atom. The zero-order chi connectivity index (χ0) is 27.0. The lowest BCUT2D eigenvalue weighted by Crippen LogP contribution is -2.36. The third-order valence-electron chi connectivity index (χ3n) is 6.76. The summed E-state index contributed by atoms with van der Waals surface area (Å²) in [4.78, 5) is 27.4. The molecule has 192 valence electrons. The smallest absolute Gasteiger partial charge is 0.295 e. The molecule has 8 nitrogen and oxygen atoms in total. The number of morpholine rings is 1. The van der Waals surface area contributed by atoms with Crippen molar-refractivity contribution in [1.82, 2.24) is 9.78 Å². The van der Waals surface area contributed by atoms with E-state index in [1.165, 1.54) is 6.07 Å². The van der Waals surface area contributed by atoms with Crippen LogP contribution in [-0.2, 0) is 4.74 Å². The lowest BCUT2D eigenvalue weighted by Gasteiger charge is -2.29. The molecule has 1 saturated heterocycles. The zero-order valence-corrected chi connectivity index (χ0v) is 21.4. The molecule has 0 atom stereocenters. The number of benzene rings is 3. The van der Waals surface area contributed by atoms with Crippen molar-refractivity contribution in [3.63, 3.8) is 0 Å². The minimum atomic E-state index is -0.484. The average Bonchev–Trinajstić information content (AvgIpc) is 2.93. The van der Waals surface area contributed by atoms with Gasteiger partial charge >= 0.3 is 0 Å². The van der Waals surface area contributed by atoms with Crippen molar-refractivity contribution in [1.29, 1.82) is 0 Å². The molecule has 4 aromatic rings. The second kappa shape index (κ2) is 10.1. The van der Waals surface area contributed by atoms with Gasteiger partial charge in [-0.2, -0.15) is 9.78 Å². The summed E-state index contributed by atoms with van der Waals surface area (Å²) in [5.41, 5.74) is 5.16. The first kappa shape index (κ1) is 25.1. The Morgan fingerprint density at radius 2 is 1.58 bits per heavy atom. The summed E-state index contributed by atoms with van der Waals surface area (Å²) >= 11 is 0. The SMILES string of the molecule is C=C(C)c1cc(C(=C)C)cc(-c2nn(-c3cc(N4CCOCC4)ccc3[N+](=O)[O-])c(=O)c3ccccc23)c1. The van der Waals surface area contributed by atoms with Crippen molar-refractivity contribution in [2.45, 2.75) is 13.8 Å². The van der Waals surface area contributed by atoms with Crippen LogP contribution in [0.4, 0.5) is 11.4 Å². The van der Waals surface area contributed by atoms with Crippen LogP contribution in [0.2, 0.25) is 0 Å². The largest absolute Gasteiger partial charge is 0.378 e. The number of aromatic nitrogens is 2. The third kappa shape index (κ3) is 4.62. The number of hydrogen-bond donors (Lipinski definition) is 0. The highest BCUT2D eigenvalue weighted by atomic mass is 16.6. The highest BCUT2D eigenvalue weighted by molar-refractivity contribution is 5.95. The number of ether oxygens (including phenoxy) is 1. The van der Waals surface area contributed by atoms with Gasteiger partial charge in [0, 0.05) is 35.8 Å². The molecule has 1 aromatic heterocycles. The van der Waals surface area contributed by atoms with Gasteiger partial charge in [0.05, 0.1) is 29.2 Å². The van der Waals surface area contributed by atoms with E-state index in [9.17, 15) is 14.9 Å². The van der Waals surface area contributed by atoms with Crippen LogP contribution in [0.1, 0.15) is 25.0 Å². The summed E-state index contributed by atoms with van der Waals surface area (Å²) in [5, 5.41) is 17.9. The fourth-order valence-electron chi connectivity index (χ4n) is 4.68. The van der Waals surface area contributed by atoms with Gasteiger partial charge in [0.25, 0.3) is 11.2 Å². The summed E-state index contributed by atoms with van der Waals surface area (Å²) < 4.78 is 6.61. The summed E-state index contributed by atoms with van der Waals surface area (Å²) in [5.74, 6) is 0. The first-order valence-electron chi connectivity index (χ1n) is 12.4. The summed E-state index contributed by atoms with van der Waals surface area (Å²) in [7, 11) is 0. The third-order valence-corrected chi connectivity index (χ3v) is 6.76. The topological polar surface area (TPSA) is 90.5 Å². The van der Waals surface area contributed by atoms with Crippen LogP contribution >= 0.6 is 0 Å². The fraction of sp³-hybridized carbons (Fsp3) is 0.200. The molecule has 0 N–H and O–H groups in total. The molecular weight excluding hydrogens is 480 g/mol. The molecule has 38 heavy (non-hydrogen) atoms. The molecule has 0 bridgehead atoms. The van der Waals surface area contributed by atoms with E-state index in [0.717, 1.165) is 38.2 Å². The van der Waals surface area contributed by atoms with Crippen LogP contribution in [0.25, 0.3) is 38.9 Å². The van der Waals surface area contributed by atoms with E-state index in [-0.39, 0.29) is 11.4 Å². The van der Waals surface area contributed by atoms with Crippen LogP contribution in [0.3, 0.4) is 0 Å². The van der Waals surface area contributed by atoms with Gasteiger partial charge < -0.3 is 9.64 Å². The van der Waals surface area contributed by atoms with E-state index in [4.69, 9.17) is 9.84 Å². The quantitative estimate of drug-likeness (QED) is 0.239. The maximum Gasteiger partial charge on any atom is 0.295 e. The van der Waals surface area contributed by atoms with Crippen LogP contribution < -0.4 is 10.5 Å². The Balaban J connectivity index is 1.81. The predicted octanol–water partition coefficient (Wildman–Crippen LogP) is 5.86. The number of fused-ring (bicyclic) bond motifs is 1. The number of rotatable bonds is 6. The first-order chi connectivity index (χ1) is 18.2. The fourth-order valence-corrected chi connectivity index (χ4v) is 4.68. The van der Waals surface area contributed by atoms with Gasteiger partial charge in [0.1, 0.15) is 5.69 Å². The molecule has 0 spiro atoms. The molecule has 2 heterocycles. The van der Waals surface area contributed by atoms with Gasteiger partial charge in [-0.15, -0.1) is 0 Å². The number of nitro benzene ring substituents is 1. The van der Waals surface area contributed by atoms with Gasteiger partial charge in [-0.25, -0.2) is 0 Å².